The lowest BCUT2D eigenvalue weighted by Gasteiger charge is -2.34. The molecule has 8 heteroatoms. The minimum atomic E-state index is -3.37. The summed E-state index contributed by atoms with van der Waals surface area (Å²) in [5.41, 5.74) is 1.00. The summed E-state index contributed by atoms with van der Waals surface area (Å²) in [6.45, 7) is 6.88. The van der Waals surface area contributed by atoms with E-state index in [1.165, 1.54) is 10.6 Å². The third-order valence-electron chi connectivity index (χ3n) is 5.00. The van der Waals surface area contributed by atoms with E-state index < -0.39 is 10.0 Å². The summed E-state index contributed by atoms with van der Waals surface area (Å²) in [5, 5.41) is 0. The fourth-order valence-electron chi connectivity index (χ4n) is 3.22. The summed E-state index contributed by atoms with van der Waals surface area (Å²) >= 11 is 0. The van der Waals surface area contributed by atoms with Crippen molar-refractivity contribution in [2.75, 3.05) is 59.2 Å². The number of hydrogen-bond donors (Lipinski definition) is 0. The molecule has 27 heavy (non-hydrogen) atoms. The minimum absolute atomic E-state index is 0.0285. The van der Waals surface area contributed by atoms with Crippen molar-refractivity contribution in [3.63, 3.8) is 0 Å². The van der Waals surface area contributed by atoms with Gasteiger partial charge in [0.25, 0.3) is 0 Å². The number of sulfonamides is 1. The summed E-state index contributed by atoms with van der Waals surface area (Å²) in [5.74, 6) is 0.778. The first kappa shape index (κ1) is 21.7. The number of benzene rings is 1. The lowest BCUT2D eigenvalue weighted by molar-refractivity contribution is -0.133. The average Bonchev–Trinajstić information content (AvgIpc) is 2.67. The lowest BCUT2D eigenvalue weighted by atomic mass is 10.1. The Balaban J connectivity index is 1.88. The maximum Gasteiger partial charge on any atom is 0.223 e. The molecular weight excluding hydrogens is 366 g/mol. The fraction of sp³-hybridized carbons (Fsp3) is 0.632. The van der Waals surface area contributed by atoms with Crippen LogP contribution >= 0.6 is 0 Å². The molecule has 1 saturated heterocycles. The summed E-state index contributed by atoms with van der Waals surface area (Å²) in [7, 11) is -1.76. The van der Waals surface area contributed by atoms with Gasteiger partial charge < -0.3 is 14.5 Å². The van der Waals surface area contributed by atoms with Crippen molar-refractivity contribution < 1.29 is 17.9 Å². The third kappa shape index (κ3) is 6.79. The van der Waals surface area contributed by atoms with Crippen LogP contribution in [0, 0.1) is 0 Å². The number of methoxy groups -OCH3 is 1. The highest BCUT2D eigenvalue weighted by Crippen LogP contribution is 2.14. The molecule has 0 spiro atoms. The average molecular weight is 398 g/mol. The number of piperazine rings is 1. The van der Waals surface area contributed by atoms with Crippen LogP contribution in [0.4, 0.5) is 0 Å². The Morgan fingerprint density at radius 1 is 1.19 bits per heavy atom. The van der Waals surface area contributed by atoms with E-state index in [9.17, 15) is 13.2 Å². The molecule has 1 aromatic carbocycles. The molecule has 1 aromatic rings. The van der Waals surface area contributed by atoms with Crippen LogP contribution in [0.5, 0.6) is 5.75 Å². The van der Waals surface area contributed by atoms with Gasteiger partial charge >= 0.3 is 0 Å². The fourth-order valence-corrected chi connectivity index (χ4v) is 4.06. The largest absolute Gasteiger partial charge is 0.497 e. The molecule has 1 fully saturated rings. The lowest BCUT2D eigenvalue weighted by Crippen LogP contribution is -2.49. The molecular formula is C19H31N3O4S. The molecule has 0 bridgehead atoms. The van der Waals surface area contributed by atoms with Gasteiger partial charge in [-0.2, -0.15) is 0 Å². The standard InChI is InChI=1S/C19H31N3O4S/c1-4-20-12-14-21(15-13-20)19(23)9-11-22(27(3,24)25)10-8-17-6-5-7-18(16-17)26-2/h5-7,16H,4,8-15H2,1-3H3. The van der Waals surface area contributed by atoms with Crippen molar-refractivity contribution in [3.05, 3.63) is 29.8 Å². The first-order valence-corrected chi connectivity index (χ1v) is 11.3. The molecule has 0 N–H and O–H groups in total. The Bertz CT molecular complexity index is 715. The number of nitrogens with zero attached hydrogens (tertiary/aromatic N) is 3. The van der Waals surface area contributed by atoms with Gasteiger partial charge in [-0.05, 0) is 30.7 Å². The zero-order chi connectivity index (χ0) is 19.9. The van der Waals surface area contributed by atoms with Gasteiger partial charge in [-0.3, -0.25) is 4.79 Å². The second-order valence-electron chi connectivity index (χ2n) is 6.83. The highest BCUT2D eigenvalue weighted by molar-refractivity contribution is 7.88. The number of likely N-dealkylation sites (N-methyl/N-ethyl adjacent to an activating group) is 1. The highest BCUT2D eigenvalue weighted by Gasteiger charge is 2.23. The molecule has 2 rings (SSSR count). The van der Waals surface area contributed by atoms with Gasteiger partial charge in [0, 0.05) is 45.7 Å². The Morgan fingerprint density at radius 2 is 1.89 bits per heavy atom. The predicted octanol–water partition coefficient (Wildman–Crippen LogP) is 1.05. The molecule has 152 valence electrons. The topological polar surface area (TPSA) is 70.2 Å². The maximum atomic E-state index is 12.5. The van der Waals surface area contributed by atoms with Crippen molar-refractivity contribution in [1.82, 2.24) is 14.1 Å². The quantitative estimate of drug-likeness (QED) is 0.623. The van der Waals surface area contributed by atoms with Crippen LogP contribution in [-0.4, -0.2) is 87.6 Å². The minimum Gasteiger partial charge on any atom is -0.497 e. The van der Waals surface area contributed by atoms with E-state index >= 15 is 0 Å². The third-order valence-corrected chi connectivity index (χ3v) is 6.30. The number of ether oxygens (including phenoxy) is 1. The van der Waals surface area contributed by atoms with Crippen LogP contribution in [0.3, 0.4) is 0 Å². The molecule has 0 unspecified atom stereocenters. The zero-order valence-corrected chi connectivity index (χ0v) is 17.4. The second kappa shape index (κ2) is 10.1. The van der Waals surface area contributed by atoms with Gasteiger partial charge in [0.1, 0.15) is 5.75 Å². The van der Waals surface area contributed by atoms with Crippen LogP contribution in [0.1, 0.15) is 18.9 Å². The van der Waals surface area contributed by atoms with Gasteiger partial charge in [0.2, 0.25) is 15.9 Å². The zero-order valence-electron chi connectivity index (χ0n) is 16.6. The summed E-state index contributed by atoms with van der Waals surface area (Å²) in [4.78, 5) is 16.6. The Kier molecular flexibility index (Phi) is 8.07. The molecule has 0 aromatic heterocycles. The number of amides is 1. The molecule has 1 aliphatic rings. The molecule has 1 amide bonds. The Morgan fingerprint density at radius 3 is 2.48 bits per heavy atom. The molecule has 1 aliphatic heterocycles. The number of rotatable bonds is 9. The predicted molar refractivity (Wildman–Crippen MR) is 106 cm³/mol. The Labute approximate surface area is 162 Å². The van der Waals surface area contributed by atoms with Crippen LogP contribution in [0.25, 0.3) is 0 Å². The first-order chi connectivity index (χ1) is 12.8. The molecule has 7 nitrogen and oxygen atoms in total. The van der Waals surface area contributed by atoms with E-state index in [0.717, 1.165) is 44.0 Å². The van der Waals surface area contributed by atoms with Crippen molar-refractivity contribution in [1.29, 1.82) is 0 Å². The summed E-state index contributed by atoms with van der Waals surface area (Å²) in [6.07, 6.45) is 1.99. The van der Waals surface area contributed by atoms with E-state index in [1.54, 1.807) is 7.11 Å². The second-order valence-corrected chi connectivity index (χ2v) is 8.81. The molecule has 0 saturated carbocycles. The van der Waals surface area contributed by atoms with E-state index in [2.05, 4.69) is 11.8 Å². The van der Waals surface area contributed by atoms with Crippen molar-refractivity contribution >= 4 is 15.9 Å². The van der Waals surface area contributed by atoms with Crippen LogP contribution in [0.15, 0.2) is 24.3 Å². The van der Waals surface area contributed by atoms with Gasteiger partial charge in [0.05, 0.1) is 13.4 Å². The van der Waals surface area contributed by atoms with Crippen molar-refractivity contribution in [2.24, 2.45) is 0 Å². The van der Waals surface area contributed by atoms with E-state index in [0.29, 0.717) is 13.0 Å². The summed E-state index contributed by atoms with van der Waals surface area (Å²) in [6, 6.07) is 7.59. The van der Waals surface area contributed by atoms with Crippen molar-refractivity contribution in [2.45, 2.75) is 19.8 Å². The smallest absolute Gasteiger partial charge is 0.223 e. The van der Waals surface area contributed by atoms with Gasteiger partial charge in [-0.15, -0.1) is 0 Å². The number of hydrogen-bond acceptors (Lipinski definition) is 5. The maximum absolute atomic E-state index is 12.5. The van der Waals surface area contributed by atoms with E-state index in [4.69, 9.17) is 4.74 Å². The molecule has 0 radical (unpaired) electrons. The van der Waals surface area contributed by atoms with E-state index in [1.807, 2.05) is 29.2 Å². The van der Waals surface area contributed by atoms with Crippen LogP contribution < -0.4 is 4.74 Å². The molecule has 0 aliphatic carbocycles. The monoisotopic (exact) mass is 397 g/mol. The van der Waals surface area contributed by atoms with Gasteiger partial charge in [-0.1, -0.05) is 19.1 Å². The van der Waals surface area contributed by atoms with Crippen LogP contribution in [0.2, 0.25) is 0 Å². The van der Waals surface area contributed by atoms with Gasteiger partial charge in [0.15, 0.2) is 0 Å². The SMILES string of the molecule is CCN1CCN(C(=O)CCN(CCc2cccc(OC)c2)S(C)(=O)=O)CC1. The Hall–Kier alpha value is -1.64. The molecule has 1 heterocycles. The van der Waals surface area contributed by atoms with Crippen molar-refractivity contribution in [3.8, 4) is 5.75 Å². The highest BCUT2D eigenvalue weighted by atomic mass is 32.2. The summed E-state index contributed by atoms with van der Waals surface area (Å²) < 4.78 is 30.8. The first-order valence-electron chi connectivity index (χ1n) is 9.41. The van der Waals surface area contributed by atoms with Crippen LogP contribution in [-0.2, 0) is 21.2 Å². The molecule has 0 atom stereocenters. The number of carbonyl (C=O) groups is 1. The number of carbonyl (C=O) groups excluding carboxylic acids is 1. The normalized spacial score (nSPS) is 15.9. The van der Waals surface area contributed by atoms with Gasteiger partial charge in [-0.25, -0.2) is 12.7 Å². The van der Waals surface area contributed by atoms with E-state index in [-0.39, 0.29) is 18.9 Å².